The van der Waals surface area contributed by atoms with Crippen LogP contribution in [-0.4, -0.2) is 12.5 Å². The number of carbonyl (C=O) groups excluding carboxylic acids is 1. The van der Waals surface area contributed by atoms with Crippen LogP contribution in [0.2, 0.25) is 8.67 Å². The number of rotatable bonds is 1. The number of fused-ring (bicyclic) bond motifs is 1. The molecule has 0 spiro atoms. The third kappa shape index (κ3) is 2.20. The van der Waals surface area contributed by atoms with Crippen LogP contribution in [0.1, 0.15) is 15.9 Å². The number of thiophene rings is 1. The third-order valence-electron chi connectivity index (χ3n) is 3.15. The fourth-order valence-corrected chi connectivity index (χ4v) is 3.71. The molecule has 20 heavy (non-hydrogen) atoms. The normalized spacial score (nSPS) is 13.7. The molecule has 1 aliphatic heterocycles. The zero-order chi connectivity index (χ0) is 14.4. The van der Waals surface area contributed by atoms with Crippen molar-refractivity contribution in [3.8, 4) is 0 Å². The van der Waals surface area contributed by atoms with E-state index in [2.05, 4.69) is 0 Å². The van der Waals surface area contributed by atoms with E-state index in [1.54, 1.807) is 0 Å². The van der Waals surface area contributed by atoms with Gasteiger partial charge in [-0.3, -0.25) is 4.79 Å². The lowest BCUT2D eigenvalue weighted by Crippen LogP contribution is -2.28. The van der Waals surface area contributed by atoms with Gasteiger partial charge in [-0.1, -0.05) is 23.2 Å². The van der Waals surface area contributed by atoms with Crippen LogP contribution < -0.4 is 4.90 Å². The Bertz CT molecular complexity index is 717. The van der Waals surface area contributed by atoms with E-state index in [0.29, 0.717) is 22.9 Å². The highest BCUT2D eigenvalue weighted by atomic mass is 35.5. The molecule has 2 nitrogen and oxygen atoms in total. The predicted octanol–water partition coefficient (Wildman–Crippen LogP) is 4.54. The van der Waals surface area contributed by atoms with Gasteiger partial charge < -0.3 is 4.90 Å². The summed E-state index contributed by atoms with van der Waals surface area (Å²) in [7, 11) is 0. The van der Waals surface area contributed by atoms with E-state index in [1.165, 1.54) is 11.0 Å². The molecule has 1 aromatic carbocycles. The number of anilines is 1. The van der Waals surface area contributed by atoms with Crippen molar-refractivity contribution in [3.63, 3.8) is 0 Å². The van der Waals surface area contributed by atoms with Gasteiger partial charge in [0.25, 0.3) is 5.91 Å². The van der Waals surface area contributed by atoms with Crippen LogP contribution in [0.15, 0.2) is 18.2 Å². The lowest BCUT2D eigenvalue weighted by Gasteiger charge is -2.17. The van der Waals surface area contributed by atoms with Gasteiger partial charge in [-0.2, -0.15) is 0 Å². The largest absolute Gasteiger partial charge is 0.307 e. The first kappa shape index (κ1) is 13.8. The minimum atomic E-state index is -0.713. The van der Waals surface area contributed by atoms with Crippen molar-refractivity contribution in [2.24, 2.45) is 0 Å². The van der Waals surface area contributed by atoms with E-state index in [0.717, 1.165) is 23.5 Å². The molecule has 0 atom stereocenters. The molecule has 3 rings (SSSR count). The lowest BCUT2D eigenvalue weighted by atomic mass is 10.1. The van der Waals surface area contributed by atoms with Gasteiger partial charge in [-0.05, 0) is 18.6 Å². The molecule has 1 amide bonds. The minimum Gasteiger partial charge on any atom is -0.307 e. The van der Waals surface area contributed by atoms with Crippen molar-refractivity contribution in [1.29, 1.82) is 0 Å². The number of carbonyl (C=O) groups is 1. The van der Waals surface area contributed by atoms with Gasteiger partial charge in [0.2, 0.25) is 0 Å². The molecular formula is C13H7Cl2F2NOS. The molecule has 0 aliphatic carbocycles. The second-order valence-electron chi connectivity index (χ2n) is 4.33. The van der Waals surface area contributed by atoms with Crippen molar-refractivity contribution in [1.82, 2.24) is 0 Å². The maximum Gasteiger partial charge on any atom is 0.260 e. The first-order valence-corrected chi connectivity index (χ1v) is 7.29. The lowest BCUT2D eigenvalue weighted by molar-refractivity contribution is 0.0990. The molecule has 2 heterocycles. The molecule has 7 heteroatoms. The maximum absolute atomic E-state index is 13.7. The van der Waals surface area contributed by atoms with Gasteiger partial charge in [0.15, 0.2) is 0 Å². The molecule has 0 N–H and O–H groups in total. The van der Waals surface area contributed by atoms with E-state index in [4.69, 9.17) is 23.2 Å². The molecule has 104 valence electrons. The number of hydrogen-bond acceptors (Lipinski definition) is 2. The summed E-state index contributed by atoms with van der Waals surface area (Å²) in [6.07, 6.45) is 0.350. The zero-order valence-corrected chi connectivity index (χ0v) is 12.3. The highest BCUT2D eigenvalue weighted by Gasteiger charge is 2.30. The third-order valence-corrected chi connectivity index (χ3v) is 4.63. The van der Waals surface area contributed by atoms with Crippen LogP contribution in [-0.2, 0) is 6.42 Å². The van der Waals surface area contributed by atoms with Crippen molar-refractivity contribution in [3.05, 3.63) is 49.6 Å². The summed E-state index contributed by atoms with van der Waals surface area (Å²) >= 11 is 12.8. The fraction of sp³-hybridized carbons (Fsp3) is 0.154. The summed E-state index contributed by atoms with van der Waals surface area (Å²) in [5, 5.41) is 0. The average Bonchev–Trinajstić information content (AvgIpc) is 2.92. The van der Waals surface area contributed by atoms with Gasteiger partial charge in [-0.15, -0.1) is 11.3 Å². The fourth-order valence-electron chi connectivity index (χ4n) is 2.26. The Morgan fingerprint density at radius 2 is 2.00 bits per heavy atom. The smallest absolute Gasteiger partial charge is 0.260 e. The first-order valence-electron chi connectivity index (χ1n) is 5.72. The second kappa shape index (κ2) is 4.98. The van der Waals surface area contributed by atoms with E-state index in [-0.39, 0.29) is 15.6 Å². The van der Waals surface area contributed by atoms with Crippen molar-refractivity contribution in [2.45, 2.75) is 6.42 Å². The SMILES string of the molecule is O=C(c1cc(Cl)sc1Cl)N1CCc2c(F)cc(F)cc21. The zero-order valence-electron chi connectivity index (χ0n) is 9.92. The van der Waals surface area contributed by atoms with Crippen LogP contribution in [0, 0.1) is 11.6 Å². The molecule has 1 aliphatic rings. The summed E-state index contributed by atoms with van der Waals surface area (Å²) < 4.78 is 27.6. The molecule has 0 radical (unpaired) electrons. The Morgan fingerprint density at radius 1 is 1.25 bits per heavy atom. The van der Waals surface area contributed by atoms with Crippen LogP contribution in [0.5, 0.6) is 0 Å². The molecule has 0 fully saturated rings. The van der Waals surface area contributed by atoms with Crippen LogP contribution in [0.25, 0.3) is 0 Å². The Kier molecular flexibility index (Phi) is 3.44. The predicted molar refractivity (Wildman–Crippen MR) is 76.1 cm³/mol. The number of amides is 1. The van der Waals surface area contributed by atoms with Crippen molar-refractivity contribution >= 4 is 46.1 Å². The number of halogens is 4. The molecule has 0 unspecified atom stereocenters. The monoisotopic (exact) mass is 333 g/mol. The number of benzene rings is 1. The maximum atomic E-state index is 13.7. The van der Waals surface area contributed by atoms with Crippen LogP contribution in [0.3, 0.4) is 0 Å². The standard InChI is InChI=1S/C13H7Cl2F2NOS/c14-11-5-8(12(15)20-11)13(19)18-2-1-7-9(17)3-6(16)4-10(7)18/h3-5H,1-2H2. The highest BCUT2D eigenvalue weighted by Crippen LogP contribution is 2.36. The number of nitrogens with zero attached hydrogens (tertiary/aromatic N) is 1. The van der Waals surface area contributed by atoms with Crippen LogP contribution in [0.4, 0.5) is 14.5 Å². The van der Waals surface area contributed by atoms with E-state index in [1.807, 2.05) is 0 Å². The van der Waals surface area contributed by atoms with Crippen molar-refractivity contribution in [2.75, 3.05) is 11.4 Å². The summed E-state index contributed by atoms with van der Waals surface area (Å²) in [4.78, 5) is 13.7. The van der Waals surface area contributed by atoms with Crippen LogP contribution >= 0.6 is 34.5 Å². The molecule has 2 aromatic rings. The van der Waals surface area contributed by atoms with E-state index in [9.17, 15) is 13.6 Å². The Morgan fingerprint density at radius 3 is 2.65 bits per heavy atom. The molecule has 0 saturated heterocycles. The van der Waals surface area contributed by atoms with E-state index < -0.39 is 17.5 Å². The molecule has 0 saturated carbocycles. The van der Waals surface area contributed by atoms with Crippen molar-refractivity contribution < 1.29 is 13.6 Å². The van der Waals surface area contributed by atoms with Gasteiger partial charge in [0.05, 0.1) is 15.6 Å². The van der Waals surface area contributed by atoms with Gasteiger partial charge in [0.1, 0.15) is 16.0 Å². The number of hydrogen-bond donors (Lipinski definition) is 0. The summed E-state index contributed by atoms with van der Waals surface area (Å²) in [6.45, 7) is 0.290. The molecule has 1 aromatic heterocycles. The second-order valence-corrected chi connectivity index (χ2v) is 6.62. The van der Waals surface area contributed by atoms with E-state index >= 15 is 0 Å². The molecule has 0 bridgehead atoms. The first-order chi connectivity index (χ1) is 9.47. The highest BCUT2D eigenvalue weighted by molar-refractivity contribution is 7.20. The minimum absolute atomic E-state index is 0.249. The summed E-state index contributed by atoms with van der Waals surface area (Å²) in [6, 6.07) is 3.44. The average molecular weight is 334 g/mol. The summed E-state index contributed by atoms with van der Waals surface area (Å²) in [5.74, 6) is -1.75. The van der Waals surface area contributed by atoms with Gasteiger partial charge >= 0.3 is 0 Å². The Hall–Kier alpha value is -1.17. The topological polar surface area (TPSA) is 20.3 Å². The quantitative estimate of drug-likeness (QED) is 0.750. The molecular weight excluding hydrogens is 327 g/mol. The van der Waals surface area contributed by atoms with Gasteiger partial charge in [0, 0.05) is 18.2 Å². The van der Waals surface area contributed by atoms with Gasteiger partial charge in [-0.25, -0.2) is 8.78 Å². The summed E-state index contributed by atoms with van der Waals surface area (Å²) in [5.41, 5.74) is 0.849. The Balaban J connectivity index is 2.03. The Labute approximate surface area is 127 Å².